The van der Waals surface area contributed by atoms with Crippen LogP contribution >= 0.6 is 0 Å². The number of aryl methyl sites for hydroxylation is 1. The molecule has 180 valence electrons. The molecule has 1 amide bonds. The molecule has 0 saturated heterocycles. The first kappa shape index (κ1) is 23.1. The molecule has 34 heavy (non-hydrogen) atoms. The lowest BCUT2D eigenvalue weighted by atomic mass is 9.43. The second kappa shape index (κ2) is 8.20. The average Bonchev–Trinajstić information content (AvgIpc) is 2.76. The zero-order valence-electron chi connectivity index (χ0n) is 19.3. The number of hydrogen-bond donors (Lipinski definition) is 2. The molecule has 0 aliphatic heterocycles. The Hall–Kier alpha value is -2.71. The lowest BCUT2D eigenvalue weighted by molar-refractivity contribution is -0.175. The lowest BCUT2D eigenvalue weighted by Crippen LogP contribution is -2.57. The third kappa shape index (κ3) is 4.25. The van der Waals surface area contributed by atoms with Crippen molar-refractivity contribution < 1.29 is 22.7 Å². The number of nitrogens with one attached hydrogen (secondary N) is 1. The van der Waals surface area contributed by atoms with E-state index in [0.29, 0.717) is 17.5 Å². The fraction of sp³-hybridized carbons (Fsp3) is 0.462. The van der Waals surface area contributed by atoms with Gasteiger partial charge in [0.2, 0.25) is 10.0 Å². The monoisotopic (exact) mass is 482 g/mol. The summed E-state index contributed by atoms with van der Waals surface area (Å²) in [7, 11) is -3.80. The highest BCUT2D eigenvalue weighted by atomic mass is 32.2. The minimum atomic E-state index is -3.80. The van der Waals surface area contributed by atoms with E-state index in [-0.39, 0.29) is 22.9 Å². The number of benzene rings is 2. The summed E-state index contributed by atoms with van der Waals surface area (Å²) >= 11 is 0. The van der Waals surface area contributed by atoms with Crippen molar-refractivity contribution in [2.45, 2.75) is 55.8 Å². The Bertz CT molecular complexity index is 1210. The standard InChI is InChI=1S/C26H30N2O5S/c1-17-2-4-20(5-3-17)25-11-18-10-19(12-25)14-26(13-18,16-25)24(30)33-15-23(29)28-21-6-8-22(9-7-21)34(27,31)32/h2-9,18-19H,10-16H2,1H3,(H,28,29)(H2,27,31,32). The predicted octanol–water partition coefficient (Wildman–Crippen LogP) is 3.66. The molecule has 4 aliphatic carbocycles. The van der Waals surface area contributed by atoms with Crippen LogP contribution in [0.4, 0.5) is 5.69 Å². The summed E-state index contributed by atoms with van der Waals surface area (Å²) in [6.07, 6.45) is 5.88. The fourth-order valence-electron chi connectivity index (χ4n) is 6.96. The van der Waals surface area contributed by atoms with Crippen molar-refractivity contribution in [1.82, 2.24) is 0 Å². The number of esters is 1. The molecule has 8 heteroatoms. The van der Waals surface area contributed by atoms with Crippen LogP contribution < -0.4 is 10.5 Å². The molecule has 7 nitrogen and oxygen atoms in total. The molecular weight excluding hydrogens is 452 g/mol. The zero-order valence-corrected chi connectivity index (χ0v) is 20.1. The topological polar surface area (TPSA) is 116 Å². The molecule has 4 saturated carbocycles. The van der Waals surface area contributed by atoms with Gasteiger partial charge in [0.05, 0.1) is 10.3 Å². The van der Waals surface area contributed by atoms with Crippen molar-refractivity contribution in [3.63, 3.8) is 0 Å². The molecule has 0 aromatic heterocycles. The molecular formula is C26H30N2O5S. The first-order chi connectivity index (χ1) is 16.1. The van der Waals surface area contributed by atoms with Gasteiger partial charge in [-0.3, -0.25) is 9.59 Å². The highest BCUT2D eigenvalue weighted by Crippen LogP contribution is 2.66. The van der Waals surface area contributed by atoms with E-state index in [4.69, 9.17) is 9.88 Å². The van der Waals surface area contributed by atoms with Crippen LogP contribution in [0.15, 0.2) is 53.4 Å². The van der Waals surface area contributed by atoms with Crippen molar-refractivity contribution in [2.75, 3.05) is 11.9 Å². The summed E-state index contributed by atoms with van der Waals surface area (Å²) in [5, 5.41) is 7.73. The SMILES string of the molecule is Cc1ccc(C23CC4CC(CC(C(=O)OCC(=O)Nc5ccc(S(N)(=O)=O)cc5)(C4)C2)C3)cc1. The van der Waals surface area contributed by atoms with E-state index >= 15 is 0 Å². The molecule has 4 bridgehead atoms. The zero-order chi connectivity index (χ0) is 24.1. The molecule has 0 heterocycles. The Morgan fingerprint density at radius 3 is 2.21 bits per heavy atom. The van der Waals surface area contributed by atoms with Gasteiger partial charge in [-0.05, 0) is 92.5 Å². The fourth-order valence-corrected chi connectivity index (χ4v) is 7.47. The predicted molar refractivity (Wildman–Crippen MR) is 127 cm³/mol. The average molecular weight is 483 g/mol. The summed E-state index contributed by atoms with van der Waals surface area (Å²) in [6, 6.07) is 14.3. The van der Waals surface area contributed by atoms with Gasteiger partial charge < -0.3 is 10.1 Å². The third-order valence-corrected chi connectivity index (χ3v) is 8.89. The van der Waals surface area contributed by atoms with Gasteiger partial charge >= 0.3 is 5.97 Å². The first-order valence-corrected chi connectivity index (χ1v) is 13.3. The van der Waals surface area contributed by atoms with Gasteiger partial charge in [-0.2, -0.15) is 0 Å². The van der Waals surface area contributed by atoms with Crippen LogP contribution in [-0.4, -0.2) is 26.9 Å². The Morgan fingerprint density at radius 1 is 1.00 bits per heavy atom. The van der Waals surface area contributed by atoms with Crippen molar-refractivity contribution in [1.29, 1.82) is 0 Å². The highest BCUT2D eigenvalue weighted by Gasteiger charge is 2.61. The Balaban J connectivity index is 1.25. The van der Waals surface area contributed by atoms with E-state index in [2.05, 4.69) is 36.5 Å². The van der Waals surface area contributed by atoms with Crippen LogP contribution in [0.25, 0.3) is 0 Å². The first-order valence-electron chi connectivity index (χ1n) is 11.7. The van der Waals surface area contributed by atoms with Crippen LogP contribution in [0.2, 0.25) is 0 Å². The third-order valence-electron chi connectivity index (χ3n) is 7.96. The molecule has 2 unspecified atom stereocenters. The quantitative estimate of drug-likeness (QED) is 0.610. The largest absolute Gasteiger partial charge is 0.455 e. The van der Waals surface area contributed by atoms with Crippen LogP contribution in [0.5, 0.6) is 0 Å². The summed E-state index contributed by atoms with van der Waals surface area (Å²) in [4.78, 5) is 25.7. The van der Waals surface area contributed by atoms with Gasteiger partial charge in [0.15, 0.2) is 6.61 Å². The van der Waals surface area contributed by atoms with Crippen LogP contribution in [0, 0.1) is 24.2 Å². The minimum absolute atomic E-state index is 0.0180. The molecule has 0 radical (unpaired) electrons. The number of carbonyl (C=O) groups excluding carboxylic acids is 2. The van der Waals surface area contributed by atoms with E-state index in [1.807, 2.05) is 0 Å². The normalized spacial score (nSPS) is 29.6. The van der Waals surface area contributed by atoms with Gasteiger partial charge in [0.25, 0.3) is 5.91 Å². The van der Waals surface area contributed by atoms with E-state index in [9.17, 15) is 18.0 Å². The number of hydrogen-bond acceptors (Lipinski definition) is 5. The molecule has 3 N–H and O–H groups in total. The van der Waals surface area contributed by atoms with Crippen LogP contribution in [-0.2, 0) is 29.8 Å². The minimum Gasteiger partial charge on any atom is -0.455 e. The second-order valence-corrected chi connectivity index (χ2v) is 12.1. The molecule has 2 atom stereocenters. The van der Waals surface area contributed by atoms with E-state index in [0.717, 1.165) is 32.1 Å². The van der Waals surface area contributed by atoms with E-state index in [1.54, 1.807) is 0 Å². The summed E-state index contributed by atoms with van der Waals surface area (Å²) < 4.78 is 28.3. The second-order valence-electron chi connectivity index (χ2n) is 10.6. The van der Waals surface area contributed by atoms with Crippen molar-refractivity contribution in [2.24, 2.45) is 22.4 Å². The van der Waals surface area contributed by atoms with E-state index < -0.39 is 21.3 Å². The van der Waals surface area contributed by atoms with Gasteiger partial charge in [0, 0.05) is 5.69 Å². The number of sulfonamides is 1. The summed E-state index contributed by atoms with van der Waals surface area (Å²) in [5.74, 6) is 0.301. The van der Waals surface area contributed by atoms with E-state index in [1.165, 1.54) is 41.8 Å². The number of rotatable bonds is 6. The molecule has 4 fully saturated rings. The van der Waals surface area contributed by atoms with Gasteiger partial charge in [-0.1, -0.05) is 29.8 Å². The maximum Gasteiger partial charge on any atom is 0.312 e. The summed E-state index contributed by atoms with van der Waals surface area (Å²) in [5.41, 5.74) is 2.45. The highest BCUT2D eigenvalue weighted by molar-refractivity contribution is 7.89. The summed E-state index contributed by atoms with van der Waals surface area (Å²) in [6.45, 7) is 1.71. The smallest absolute Gasteiger partial charge is 0.312 e. The maximum atomic E-state index is 13.4. The van der Waals surface area contributed by atoms with Crippen LogP contribution in [0.3, 0.4) is 0 Å². The number of carbonyl (C=O) groups is 2. The Labute approximate surface area is 200 Å². The van der Waals surface area contributed by atoms with Crippen molar-refractivity contribution in [3.05, 3.63) is 59.7 Å². The number of amides is 1. The van der Waals surface area contributed by atoms with Crippen molar-refractivity contribution in [3.8, 4) is 0 Å². The van der Waals surface area contributed by atoms with Gasteiger partial charge in [-0.15, -0.1) is 0 Å². The number of anilines is 1. The maximum absolute atomic E-state index is 13.4. The molecule has 4 aliphatic rings. The molecule has 2 aromatic carbocycles. The lowest BCUT2D eigenvalue weighted by Gasteiger charge is -2.61. The molecule has 2 aromatic rings. The van der Waals surface area contributed by atoms with Crippen LogP contribution in [0.1, 0.15) is 49.7 Å². The number of primary sulfonamides is 1. The van der Waals surface area contributed by atoms with Gasteiger partial charge in [-0.25, -0.2) is 13.6 Å². The van der Waals surface area contributed by atoms with Gasteiger partial charge in [0.1, 0.15) is 0 Å². The molecule has 6 rings (SSSR count). The Morgan fingerprint density at radius 2 is 1.62 bits per heavy atom. The number of ether oxygens (including phenoxy) is 1. The molecule has 0 spiro atoms. The van der Waals surface area contributed by atoms with Crippen molar-refractivity contribution >= 4 is 27.6 Å². The Kier molecular flexibility index (Phi) is 5.56. The number of nitrogens with two attached hydrogens (primary N) is 1.